The van der Waals surface area contributed by atoms with Crippen molar-refractivity contribution in [3.63, 3.8) is 0 Å². The van der Waals surface area contributed by atoms with Crippen molar-refractivity contribution < 1.29 is 28.2 Å². The number of nitrogens with zero attached hydrogens (tertiary/aromatic N) is 2. The zero-order chi connectivity index (χ0) is 30.5. The first-order valence-electron chi connectivity index (χ1n) is 14.1. The van der Waals surface area contributed by atoms with E-state index in [9.17, 15) is 14.4 Å². The maximum Gasteiger partial charge on any atom is 0.338 e. The van der Waals surface area contributed by atoms with Crippen LogP contribution < -0.4 is 19.6 Å². The average Bonchev–Trinajstić information content (AvgIpc) is 3.61. The van der Waals surface area contributed by atoms with Crippen molar-refractivity contribution in [1.29, 1.82) is 0 Å². The molecule has 0 bridgehead atoms. The zero-order valence-corrected chi connectivity index (χ0v) is 25.2. The van der Waals surface area contributed by atoms with Crippen molar-refractivity contribution in [3.05, 3.63) is 109 Å². The molecule has 0 amide bonds. The van der Waals surface area contributed by atoms with E-state index >= 15 is 0 Å². The highest BCUT2D eigenvalue weighted by molar-refractivity contribution is 7.07. The maximum absolute atomic E-state index is 14.0. The summed E-state index contributed by atoms with van der Waals surface area (Å²) in [7, 11) is 1.57. The van der Waals surface area contributed by atoms with Gasteiger partial charge in [0.2, 0.25) is 0 Å². The molecule has 1 aliphatic rings. The maximum atomic E-state index is 14.0. The molecule has 222 valence electrons. The number of carbonyl (C=O) groups is 2. The number of benzene rings is 2. The monoisotopic (exact) mass is 600 g/mol. The molecule has 0 spiro atoms. The molecule has 3 heterocycles. The van der Waals surface area contributed by atoms with Crippen molar-refractivity contribution in [2.45, 2.75) is 39.7 Å². The zero-order valence-electron chi connectivity index (χ0n) is 24.4. The summed E-state index contributed by atoms with van der Waals surface area (Å²) in [5.74, 6) is 0.685. The molecule has 1 atom stereocenters. The number of methoxy groups -OCH3 is 1. The van der Waals surface area contributed by atoms with E-state index in [1.807, 2.05) is 37.3 Å². The standard InChI is InChI=1S/C33H32N2O7S/c1-5-10-25-28(32(38)41-7-3)29(21-12-9-14-23(18-21)39-4)35-30(36)27(43-33(35)34-25)19-24-15-16-26(42-24)20-11-8-13-22(17-20)31(37)40-6-2/h8-9,11-19,29H,5-7,10H2,1-4H3/b27-19-. The van der Waals surface area contributed by atoms with E-state index in [2.05, 4.69) is 0 Å². The van der Waals surface area contributed by atoms with Crippen LogP contribution >= 0.6 is 11.3 Å². The molecule has 9 nitrogen and oxygen atoms in total. The lowest BCUT2D eigenvalue weighted by Crippen LogP contribution is -2.40. The van der Waals surface area contributed by atoms with Gasteiger partial charge in [-0.1, -0.05) is 48.9 Å². The van der Waals surface area contributed by atoms with Crippen LogP contribution in [0.3, 0.4) is 0 Å². The average molecular weight is 601 g/mol. The number of rotatable bonds is 10. The Kier molecular flexibility index (Phi) is 9.06. The normalized spacial score (nSPS) is 14.7. The van der Waals surface area contributed by atoms with Gasteiger partial charge in [0.15, 0.2) is 4.80 Å². The van der Waals surface area contributed by atoms with Gasteiger partial charge in [0.25, 0.3) is 5.56 Å². The molecule has 2 aromatic carbocycles. The Hall–Kier alpha value is -4.70. The van der Waals surface area contributed by atoms with Gasteiger partial charge in [0.05, 0.1) is 47.7 Å². The molecule has 0 saturated carbocycles. The summed E-state index contributed by atoms with van der Waals surface area (Å²) in [4.78, 5) is 44.8. The van der Waals surface area contributed by atoms with Crippen LogP contribution in [0.15, 0.2) is 86.1 Å². The Morgan fingerprint density at radius 3 is 2.51 bits per heavy atom. The van der Waals surface area contributed by atoms with E-state index in [-0.39, 0.29) is 18.8 Å². The van der Waals surface area contributed by atoms with Crippen LogP contribution in [0.1, 0.15) is 61.3 Å². The van der Waals surface area contributed by atoms with Crippen LogP contribution in [0.2, 0.25) is 0 Å². The third-order valence-corrected chi connectivity index (χ3v) is 7.84. The Bertz CT molecular complexity index is 1880. The van der Waals surface area contributed by atoms with Crippen molar-refractivity contribution in [3.8, 4) is 17.1 Å². The van der Waals surface area contributed by atoms with Crippen molar-refractivity contribution >= 4 is 29.4 Å². The summed E-state index contributed by atoms with van der Waals surface area (Å²) < 4.78 is 24.0. The van der Waals surface area contributed by atoms with E-state index < -0.39 is 18.0 Å². The van der Waals surface area contributed by atoms with Gasteiger partial charge >= 0.3 is 11.9 Å². The predicted molar refractivity (Wildman–Crippen MR) is 163 cm³/mol. The van der Waals surface area contributed by atoms with Gasteiger partial charge in [-0.3, -0.25) is 9.36 Å². The second-order valence-electron chi connectivity index (χ2n) is 9.69. The Balaban J connectivity index is 1.62. The summed E-state index contributed by atoms with van der Waals surface area (Å²) >= 11 is 1.23. The predicted octanol–water partition coefficient (Wildman–Crippen LogP) is 5.02. The molecular formula is C33H32N2O7S. The number of carbonyl (C=O) groups excluding carboxylic acids is 2. The van der Waals surface area contributed by atoms with Gasteiger partial charge in [-0.25, -0.2) is 14.6 Å². The van der Waals surface area contributed by atoms with E-state index in [0.29, 0.717) is 61.0 Å². The molecule has 0 saturated heterocycles. The topological polar surface area (TPSA) is 109 Å². The molecule has 0 N–H and O–H groups in total. The Labute approximate surface area is 252 Å². The van der Waals surface area contributed by atoms with E-state index in [1.54, 1.807) is 61.9 Å². The minimum atomic E-state index is -0.744. The minimum Gasteiger partial charge on any atom is -0.497 e. The molecular weight excluding hydrogens is 568 g/mol. The fraction of sp³-hybridized carbons (Fsp3) is 0.273. The first kappa shape index (κ1) is 29.8. The van der Waals surface area contributed by atoms with E-state index in [4.69, 9.17) is 23.6 Å². The molecule has 5 rings (SSSR count). The summed E-state index contributed by atoms with van der Waals surface area (Å²) in [5.41, 5.74) is 2.47. The Morgan fingerprint density at radius 2 is 1.77 bits per heavy atom. The first-order chi connectivity index (χ1) is 20.9. The number of thiazole rings is 1. The first-order valence-corrected chi connectivity index (χ1v) is 14.9. The van der Waals surface area contributed by atoms with Crippen molar-refractivity contribution in [2.24, 2.45) is 4.99 Å². The number of furan rings is 1. The number of fused-ring (bicyclic) bond motifs is 1. The number of ether oxygens (including phenoxy) is 3. The molecule has 0 radical (unpaired) electrons. The number of hydrogen-bond acceptors (Lipinski definition) is 9. The number of aromatic nitrogens is 1. The molecule has 43 heavy (non-hydrogen) atoms. The molecule has 4 aromatic rings. The minimum absolute atomic E-state index is 0.195. The smallest absolute Gasteiger partial charge is 0.338 e. The SMILES string of the molecule is CCCC1=C(C(=O)OCC)C(c2cccc(OC)c2)n2c(s/c(=C\c3ccc(-c4cccc(C(=O)OCC)c4)o3)c2=O)=N1. The number of hydrogen-bond donors (Lipinski definition) is 0. The lowest BCUT2D eigenvalue weighted by Gasteiger charge is -2.26. The van der Waals surface area contributed by atoms with Gasteiger partial charge < -0.3 is 18.6 Å². The second-order valence-corrected chi connectivity index (χ2v) is 10.7. The van der Waals surface area contributed by atoms with Gasteiger partial charge in [0, 0.05) is 11.6 Å². The van der Waals surface area contributed by atoms with E-state index in [0.717, 1.165) is 6.42 Å². The van der Waals surface area contributed by atoms with Crippen molar-refractivity contribution in [1.82, 2.24) is 4.57 Å². The molecule has 0 fully saturated rings. The fourth-order valence-electron chi connectivity index (χ4n) is 4.98. The van der Waals surface area contributed by atoms with Gasteiger partial charge in [0.1, 0.15) is 17.3 Å². The Morgan fingerprint density at radius 1 is 1.00 bits per heavy atom. The number of esters is 2. The molecule has 10 heteroatoms. The molecule has 1 unspecified atom stereocenters. The highest BCUT2D eigenvalue weighted by atomic mass is 32.1. The van der Waals surface area contributed by atoms with Crippen molar-refractivity contribution in [2.75, 3.05) is 20.3 Å². The van der Waals surface area contributed by atoms with Crippen LogP contribution in [0.25, 0.3) is 17.4 Å². The largest absolute Gasteiger partial charge is 0.497 e. The van der Waals surface area contributed by atoms with Gasteiger partial charge in [-0.05, 0) is 62.2 Å². The van der Waals surface area contributed by atoms with Crippen LogP contribution in [0.5, 0.6) is 5.75 Å². The number of allylic oxidation sites excluding steroid dienone is 1. The van der Waals surface area contributed by atoms with Crippen LogP contribution in [0, 0.1) is 0 Å². The highest BCUT2D eigenvalue weighted by Gasteiger charge is 2.34. The van der Waals surface area contributed by atoms with Gasteiger partial charge in [-0.15, -0.1) is 0 Å². The van der Waals surface area contributed by atoms with Gasteiger partial charge in [-0.2, -0.15) is 0 Å². The molecule has 0 aliphatic carbocycles. The van der Waals surface area contributed by atoms with Crippen LogP contribution in [-0.4, -0.2) is 36.8 Å². The highest BCUT2D eigenvalue weighted by Crippen LogP contribution is 2.34. The summed E-state index contributed by atoms with van der Waals surface area (Å²) in [6.07, 6.45) is 2.97. The van der Waals surface area contributed by atoms with Crippen LogP contribution in [-0.2, 0) is 14.3 Å². The molecule has 1 aliphatic heterocycles. The second kappa shape index (κ2) is 13.1. The summed E-state index contributed by atoms with van der Waals surface area (Å²) in [5, 5.41) is 0. The molecule has 2 aromatic heterocycles. The quantitative estimate of drug-likeness (QED) is 0.235. The summed E-state index contributed by atoms with van der Waals surface area (Å²) in [6, 6.07) is 17.1. The third-order valence-electron chi connectivity index (χ3n) is 6.86. The van der Waals surface area contributed by atoms with E-state index in [1.165, 1.54) is 11.3 Å². The fourth-order valence-corrected chi connectivity index (χ4v) is 5.98. The lowest BCUT2D eigenvalue weighted by atomic mass is 9.94. The lowest BCUT2D eigenvalue weighted by molar-refractivity contribution is -0.139. The summed E-state index contributed by atoms with van der Waals surface area (Å²) in [6.45, 7) is 5.99. The third kappa shape index (κ3) is 6.10. The van der Waals surface area contributed by atoms with Crippen LogP contribution in [0.4, 0.5) is 0 Å².